The molecule has 4 N–H and O–H groups in total. The Balaban J connectivity index is 2.07. The lowest BCUT2D eigenvalue weighted by Crippen LogP contribution is -2.22. The van der Waals surface area contributed by atoms with Gasteiger partial charge in [-0.1, -0.05) is 43.3 Å². The number of benzene rings is 1. The predicted octanol–water partition coefficient (Wildman–Crippen LogP) is 3.69. The van der Waals surface area contributed by atoms with Crippen LogP contribution in [0.1, 0.15) is 25.8 Å². The van der Waals surface area contributed by atoms with Crippen LogP contribution in [0.15, 0.2) is 64.2 Å². The minimum Gasteiger partial charge on any atom is -0.404 e. The minimum absolute atomic E-state index is 0.103. The number of aromatic nitrogens is 2. The molecular formula is C22H26F3N5O3. The monoisotopic (exact) mass is 465 g/mol. The number of nitrogens with one attached hydrogen (secondary N) is 3. The molecule has 1 unspecified atom stereocenters. The van der Waals surface area contributed by atoms with Gasteiger partial charge in [-0.15, -0.1) is 13.2 Å². The average Bonchev–Trinajstić information content (AvgIpc) is 2.76. The van der Waals surface area contributed by atoms with Gasteiger partial charge >= 0.3 is 6.36 Å². The Labute approximate surface area is 188 Å². The van der Waals surface area contributed by atoms with Gasteiger partial charge in [-0.25, -0.2) is 9.98 Å². The van der Waals surface area contributed by atoms with E-state index in [4.69, 9.17) is 0 Å². The summed E-state index contributed by atoms with van der Waals surface area (Å²) in [5.41, 5.74) is 1.59. The number of rotatable bonds is 11. The molecule has 11 heteroatoms. The number of nitrogens with zero attached hydrogens (tertiary/aromatic N) is 2. The molecule has 1 aromatic carbocycles. The van der Waals surface area contributed by atoms with Crippen molar-refractivity contribution in [2.24, 2.45) is 4.99 Å². The number of ether oxygens (including phenoxy) is 1. The highest BCUT2D eigenvalue weighted by Gasteiger charge is 2.31. The van der Waals surface area contributed by atoms with Gasteiger partial charge in [-0.3, -0.25) is 9.78 Å². The molecule has 2 aromatic rings. The molecule has 2 rings (SSSR count). The minimum atomic E-state index is -4.90. The van der Waals surface area contributed by atoms with E-state index in [1.54, 1.807) is 31.2 Å². The van der Waals surface area contributed by atoms with E-state index >= 15 is 0 Å². The molecule has 0 aliphatic rings. The number of hydrogen-bond donors (Lipinski definition) is 4. The molecule has 0 bridgehead atoms. The van der Waals surface area contributed by atoms with Crippen molar-refractivity contribution < 1.29 is 23.0 Å². The number of alkyl halides is 3. The van der Waals surface area contributed by atoms with Crippen LogP contribution >= 0.6 is 0 Å². The second kappa shape index (κ2) is 12.6. The quantitative estimate of drug-likeness (QED) is 0.174. The number of aliphatic imine (C=N–C) groups is 1. The van der Waals surface area contributed by atoms with Gasteiger partial charge in [0.15, 0.2) is 0 Å². The summed E-state index contributed by atoms with van der Waals surface area (Å²) in [5.74, 6) is -0.691. The lowest BCUT2D eigenvalue weighted by Gasteiger charge is -2.11. The molecule has 8 nitrogen and oxygen atoms in total. The van der Waals surface area contributed by atoms with Gasteiger partial charge in [0.2, 0.25) is 12.3 Å². The largest absolute Gasteiger partial charge is 0.573 e. The van der Waals surface area contributed by atoms with Crippen molar-refractivity contribution in [3.63, 3.8) is 0 Å². The number of aromatic amines is 1. The Bertz CT molecular complexity index is 1030. The molecule has 0 saturated heterocycles. The maximum atomic E-state index is 12.5. The third-order valence-electron chi connectivity index (χ3n) is 4.18. The fourth-order valence-electron chi connectivity index (χ4n) is 2.62. The Morgan fingerprint density at radius 2 is 2.06 bits per heavy atom. The Kier molecular flexibility index (Phi) is 9.83. The smallest absolute Gasteiger partial charge is 0.404 e. The molecule has 0 fully saturated rings. The lowest BCUT2D eigenvalue weighted by molar-refractivity contribution is -0.301. The molecule has 178 valence electrons. The second-order valence-corrected chi connectivity index (χ2v) is 6.71. The van der Waals surface area contributed by atoms with Crippen molar-refractivity contribution in [2.75, 3.05) is 11.9 Å². The number of allylic oxidation sites excluding steroid dienone is 4. The van der Waals surface area contributed by atoms with Crippen LogP contribution in [0, 0.1) is 0 Å². The predicted molar refractivity (Wildman–Crippen MR) is 120 cm³/mol. The lowest BCUT2D eigenvalue weighted by atomic mass is 10.1. The fourth-order valence-corrected chi connectivity index (χ4v) is 2.62. The van der Waals surface area contributed by atoms with Crippen molar-refractivity contribution in [1.29, 1.82) is 0 Å². The van der Waals surface area contributed by atoms with Crippen LogP contribution in [0.5, 0.6) is 0 Å². The first kappa shape index (κ1) is 25.8. The summed E-state index contributed by atoms with van der Waals surface area (Å²) >= 11 is 0. The Hall–Kier alpha value is -3.44. The maximum Gasteiger partial charge on any atom is 0.573 e. The van der Waals surface area contributed by atoms with Gasteiger partial charge < -0.3 is 20.5 Å². The first-order valence-corrected chi connectivity index (χ1v) is 10.2. The Morgan fingerprint density at radius 1 is 1.33 bits per heavy atom. The van der Waals surface area contributed by atoms with E-state index in [2.05, 4.69) is 30.3 Å². The van der Waals surface area contributed by atoms with Crippen LogP contribution in [0.4, 0.5) is 19.1 Å². The van der Waals surface area contributed by atoms with Gasteiger partial charge in [0, 0.05) is 12.7 Å². The number of halogens is 3. The molecule has 0 saturated carbocycles. The summed E-state index contributed by atoms with van der Waals surface area (Å²) in [6.45, 7) is 5.29. The van der Waals surface area contributed by atoms with E-state index < -0.39 is 24.0 Å². The van der Waals surface area contributed by atoms with Crippen LogP contribution < -0.4 is 16.2 Å². The maximum absolute atomic E-state index is 12.5. The molecule has 0 aliphatic carbocycles. The number of hydrogen-bond acceptors (Lipinski definition) is 7. The van der Waals surface area contributed by atoms with Crippen molar-refractivity contribution in [2.45, 2.75) is 39.5 Å². The summed E-state index contributed by atoms with van der Waals surface area (Å²) in [4.78, 5) is 22.5. The fraction of sp³-hybridized carbons (Fsp3) is 0.318. The van der Waals surface area contributed by atoms with Crippen molar-refractivity contribution in [3.05, 3.63) is 70.4 Å². The highest BCUT2D eigenvalue weighted by Crippen LogP contribution is 2.20. The first-order chi connectivity index (χ1) is 15.7. The van der Waals surface area contributed by atoms with Crippen LogP contribution in [-0.2, 0) is 11.3 Å². The topological polar surface area (TPSA) is 112 Å². The summed E-state index contributed by atoms with van der Waals surface area (Å²) < 4.78 is 41.4. The van der Waals surface area contributed by atoms with E-state index in [9.17, 15) is 23.1 Å². The summed E-state index contributed by atoms with van der Waals surface area (Å²) in [5, 5.41) is 15.5. The summed E-state index contributed by atoms with van der Waals surface area (Å²) in [6.07, 6.45) is 0.104. The highest BCUT2D eigenvalue weighted by atomic mass is 19.4. The van der Waals surface area contributed by atoms with E-state index in [-0.39, 0.29) is 12.4 Å². The third kappa shape index (κ3) is 9.29. The number of H-pyrrole nitrogens is 1. The van der Waals surface area contributed by atoms with Crippen LogP contribution in [0.2, 0.25) is 0 Å². The zero-order valence-electron chi connectivity index (χ0n) is 18.2. The van der Waals surface area contributed by atoms with Gasteiger partial charge in [-0.2, -0.15) is 0 Å². The summed E-state index contributed by atoms with van der Waals surface area (Å²) in [7, 11) is 0. The molecule has 33 heavy (non-hydrogen) atoms. The van der Waals surface area contributed by atoms with Crippen LogP contribution in [-0.4, -0.2) is 40.5 Å². The van der Waals surface area contributed by atoms with E-state index in [0.29, 0.717) is 17.7 Å². The normalized spacial score (nSPS) is 13.6. The molecule has 0 radical (unpaired) electrons. The molecule has 1 atom stereocenters. The van der Waals surface area contributed by atoms with E-state index in [0.717, 1.165) is 24.4 Å². The summed E-state index contributed by atoms with van der Waals surface area (Å²) in [6, 6.07) is 7.39. The molecule has 1 heterocycles. The van der Waals surface area contributed by atoms with Gasteiger partial charge in [0.05, 0.1) is 11.8 Å². The third-order valence-corrected chi connectivity index (χ3v) is 4.18. The zero-order valence-corrected chi connectivity index (χ0v) is 18.2. The van der Waals surface area contributed by atoms with E-state index in [1.165, 1.54) is 6.20 Å². The Morgan fingerprint density at radius 3 is 2.67 bits per heavy atom. The number of aliphatic hydroxyl groups is 1. The molecule has 1 aromatic heterocycles. The second-order valence-electron chi connectivity index (χ2n) is 6.71. The number of aliphatic hydroxyl groups excluding tert-OH is 1. The molecule has 0 amide bonds. The van der Waals surface area contributed by atoms with Gasteiger partial charge in [-0.05, 0) is 37.1 Å². The van der Waals surface area contributed by atoms with Crippen molar-refractivity contribution >= 4 is 12.2 Å². The zero-order chi connectivity index (χ0) is 24.3. The van der Waals surface area contributed by atoms with Crippen molar-refractivity contribution in [1.82, 2.24) is 15.3 Å². The average molecular weight is 465 g/mol. The van der Waals surface area contributed by atoms with Crippen LogP contribution in [0.25, 0.3) is 11.1 Å². The number of anilines is 1. The van der Waals surface area contributed by atoms with E-state index in [1.807, 2.05) is 19.1 Å². The molecular weight excluding hydrogens is 439 g/mol. The first-order valence-electron chi connectivity index (χ1n) is 10.2. The van der Waals surface area contributed by atoms with Gasteiger partial charge in [0.1, 0.15) is 5.76 Å². The van der Waals surface area contributed by atoms with Crippen molar-refractivity contribution in [3.8, 4) is 11.1 Å². The van der Waals surface area contributed by atoms with Gasteiger partial charge in [0.25, 0.3) is 5.56 Å². The SMILES string of the molecule is CC=CC/C=C(\C=NC(O)Nc1ncc(-c2ccc(CNCC)cc2)c(=O)[nH]1)OC(F)(F)F. The van der Waals surface area contributed by atoms with Crippen LogP contribution in [0.3, 0.4) is 0 Å². The standard InChI is InChI=1S/C22H26F3N5O3/c1-3-5-6-7-17(33-22(23,24)25)13-28-21(32)30-20-27-14-18(19(31)29-20)16-10-8-15(9-11-16)12-26-4-2/h3,5,7-11,13-14,21,26,32H,4,6,12H2,1-2H3,(H2,27,29,30,31)/b5-3?,17-7+,28-13?. The highest BCUT2D eigenvalue weighted by molar-refractivity contribution is 5.76. The molecule has 0 spiro atoms. The molecule has 0 aliphatic heterocycles.